The smallest absolute Gasteiger partial charge is 0.349 e. The molecule has 256 valence electrons. The predicted octanol–water partition coefficient (Wildman–Crippen LogP) is 4.81. The second kappa shape index (κ2) is 13.0. The molecule has 0 atom stereocenters. The summed E-state index contributed by atoms with van der Waals surface area (Å²) >= 11 is 0. The fraction of sp³-hybridized carbons (Fsp3) is 0.400. The molecule has 2 fully saturated rings. The van der Waals surface area contributed by atoms with Crippen molar-refractivity contribution >= 4 is 17.5 Å². The maximum absolute atomic E-state index is 14.1. The number of carbonyl (C=O) groups is 2. The van der Waals surface area contributed by atoms with Crippen molar-refractivity contribution in [2.45, 2.75) is 37.9 Å². The third-order valence-corrected chi connectivity index (χ3v) is 9.68. The van der Waals surface area contributed by atoms with E-state index in [1.165, 1.54) is 34.7 Å². The van der Waals surface area contributed by atoms with Gasteiger partial charge in [0.05, 0.1) is 62.6 Å². The van der Waals surface area contributed by atoms with E-state index >= 15 is 0 Å². The first-order valence-electron chi connectivity index (χ1n) is 16.2. The zero-order chi connectivity index (χ0) is 35.1. The normalized spacial score (nSPS) is 17.1. The van der Waals surface area contributed by atoms with Crippen LogP contribution in [0.5, 0.6) is 0 Å². The summed E-state index contributed by atoms with van der Waals surface area (Å²) in [5, 5.41) is 7.38. The molecule has 2 aromatic carbocycles. The molecule has 2 amide bonds. The van der Waals surface area contributed by atoms with Crippen molar-refractivity contribution < 1.29 is 27.2 Å². The largest absolute Gasteiger partial charge is 0.416 e. The van der Waals surface area contributed by atoms with Crippen molar-refractivity contribution in [3.63, 3.8) is 0 Å². The number of benzene rings is 2. The molecule has 14 heteroatoms. The van der Waals surface area contributed by atoms with Crippen LogP contribution in [0.2, 0.25) is 0 Å². The third kappa shape index (κ3) is 6.76. The highest BCUT2D eigenvalue weighted by Crippen LogP contribution is 2.32. The first-order valence-corrected chi connectivity index (χ1v) is 16.2. The quantitative estimate of drug-likeness (QED) is 0.235. The van der Waals surface area contributed by atoms with Gasteiger partial charge in [-0.3, -0.25) is 19.1 Å². The highest BCUT2D eigenvalue weighted by Gasteiger charge is 2.36. The molecule has 2 aliphatic rings. The summed E-state index contributed by atoms with van der Waals surface area (Å²) in [7, 11) is 5.84. The van der Waals surface area contributed by atoms with Gasteiger partial charge in [-0.25, -0.2) is 14.2 Å². The van der Waals surface area contributed by atoms with Gasteiger partial charge in [-0.1, -0.05) is 18.2 Å². The van der Waals surface area contributed by atoms with Crippen molar-refractivity contribution in [1.29, 1.82) is 0 Å². The molecule has 0 bridgehead atoms. The molecule has 0 aliphatic carbocycles. The van der Waals surface area contributed by atoms with Crippen molar-refractivity contribution in [2.24, 2.45) is 13.0 Å². The number of quaternary nitrogens is 1. The van der Waals surface area contributed by atoms with Crippen LogP contribution in [0.4, 0.5) is 18.9 Å². The van der Waals surface area contributed by atoms with Crippen LogP contribution >= 0.6 is 0 Å². The Hall–Kier alpha value is -5.16. The fourth-order valence-corrected chi connectivity index (χ4v) is 6.84. The molecule has 0 spiro atoms. The minimum Gasteiger partial charge on any atom is -0.349 e. The lowest BCUT2D eigenvalue weighted by atomic mass is 9.93. The number of likely N-dealkylation sites (tertiary alicyclic amines) is 2. The molecule has 11 nitrogen and oxygen atoms in total. The second-order valence-corrected chi connectivity index (χ2v) is 13.4. The summed E-state index contributed by atoms with van der Waals surface area (Å²) in [6, 6.07) is 12.2. The minimum absolute atomic E-state index is 0.000838. The van der Waals surface area contributed by atoms with Crippen LogP contribution in [-0.2, 0) is 18.0 Å². The second-order valence-electron chi connectivity index (χ2n) is 13.4. The standard InChI is InChI=1S/C35H37F3N8O3/c1-39-25-8-10-27(11-9-25)44-29(12-17-40-44)31-30(34(49)45(42(31)2)28-7-5-6-24(22-28)35(36,37)38)32(47)41-26-13-18-43(19-14-26)33(48)23-15-20-46(3,4)21-16-23/h5-12,17,22-23,26H,13-16,18-21H2,2-4H3/p+1. The van der Waals surface area contributed by atoms with E-state index in [1.807, 2.05) is 4.90 Å². The monoisotopic (exact) mass is 675 g/mol. The van der Waals surface area contributed by atoms with Crippen molar-refractivity contribution in [2.75, 3.05) is 40.3 Å². The number of aromatic nitrogens is 4. The van der Waals surface area contributed by atoms with Crippen molar-refractivity contribution in [3.8, 4) is 22.8 Å². The molecule has 2 saturated heterocycles. The lowest BCUT2D eigenvalue weighted by Crippen LogP contribution is -2.52. The summed E-state index contributed by atoms with van der Waals surface area (Å²) in [5.74, 6) is -0.521. The molecule has 0 radical (unpaired) electrons. The van der Waals surface area contributed by atoms with Crippen molar-refractivity contribution in [1.82, 2.24) is 29.4 Å². The van der Waals surface area contributed by atoms with Gasteiger partial charge in [-0.15, -0.1) is 0 Å². The van der Waals surface area contributed by atoms with Gasteiger partial charge in [0.1, 0.15) is 11.3 Å². The van der Waals surface area contributed by atoms with Crippen LogP contribution in [0.1, 0.15) is 41.6 Å². The van der Waals surface area contributed by atoms with Crippen LogP contribution in [0.3, 0.4) is 0 Å². The molecule has 6 rings (SSSR count). The van der Waals surface area contributed by atoms with Crippen LogP contribution in [0.25, 0.3) is 27.6 Å². The van der Waals surface area contributed by atoms with E-state index in [-0.39, 0.29) is 34.8 Å². The highest BCUT2D eigenvalue weighted by molar-refractivity contribution is 6.00. The third-order valence-electron chi connectivity index (χ3n) is 9.68. The Kier molecular flexibility index (Phi) is 8.98. The molecule has 2 aliphatic heterocycles. The Morgan fingerprint density at radius 1 is 0.980 bits per heavy atom. The Morgan fingerprint density at radius 3 is 2.29 bits per heavy atom. The summed E-state index contributed by atoms with van der Waals surface area (Å²) in [5.41, 5.74) is -0.582. The van der Waals surface area contributed by atoms with E-state index in [9.17, 15) is 27.6 Å². The molecule has 2 aromatic heterocycles. The maximum atomic E-state index is 14.1. The minimum atomic E-state index is -4.65. The summed E-state index contributed by atoms with van der Waals surface area (Å²) < 4.78 is 45.8. The van der Waals surface area contributed by atoms with Crippen LogP contribution in [-0.4, -0.2) is 86.7 Å². The van der Waals surface area contributed by atoms with Gasteiger partial charge >= 0.3 is 6.18 Å². The number of amides is 2. The van der Waals surface area contributed by atoms with Crippen LogP contribution in [0, 0.1) is 12.5 Å². The van der Waals surface area contributed by atoms with Gasteiger partial charge in [-0.2, -0.15) is 18.3 Å². The Labute approximate surface area is 281 Å². The number of piperidine rings is 2. The topological polar surface area (TPSA) is 98.5 Å². The summed E-state index contributed by atoms with van der Waals surface area (Å²) in [6.45, 7) is 10.1. The maximum Gasteiger partial charge on any atom is 0.416 e. The highest BCUT2D eigenvalue weighted by atomic mass is 19.4. The number of halogens is 3. The number of alkyl halides is 3. The summed E-state index contributed by atoms with van der Waals surface area (Å²) in [6.07, 6.45) is -0.463. The van der Waals surface area contributed by atoms with Gasteiger partial charge in [0.15, 0.2) is 5.69 Å². The number of nitrogens with zero attached hydrogens (tertiary/aromatic N) is 7. The van der Waals surface area contributed by atoms with E-state index in [0.717, 1.165) is 47.2 Å². The number of nitrogens with one attached hydrogen (secondary N) is 1. The lowest BCUT2D eigenvalue weighted by Gasteiger charge is -2.39. The molecular weight excluding hydrogens is 637 g/mol. The molecule has 0 saturated carbocycles. The van der Waals surface area contributed by atoms with Crippen LogP contribution < -0.4 is 10.9 Å². The van der Waals surface area contributed by atoms with Gasteiger partial charge in [0.2, 0.25) is 5.91 Å². The molecule has 49 heavy (non-hydrogen) atoms. The molecular formula is C35H38F3N8O3+. The fourth-order valence-electron chi connectivity index (χ4n) is 6.84. The molecule has 4 heterocycles. The molecule has 1 N–H and O–H groups in total. The van der Waals surface area contributed by atoms with E-state index in [2.05, 4.69) is 29.4 Å². The molecule has 0 unspecified atom stereocenters. The van der Waals surface area contributed by atoms with E-state index < -0.39 is 23.2 Å². The molecule has 4 aromatic rings. The first-order chi connectivity index (χ1) is 23.3. The van der Waals surface area contributed by atoms with Crippen molar-refractivity contribution in [3.05, 3.63) is 93.7 Å². The lowest BCUT2D eigenvalue weighted by molar-refractivity contribution is -0.895. The Bertz CT molecular complexity index is 1970. The van der Waals surface area contributed by atoms with Gasteiger partial charge < -0.3 is 14.7 Å². The SMILES string of the molecule is [C-]#[N+]c1ccc(-n2nccc2-c2c(C(=O)NC3CCN(C(=O)C4CC[N+](C)(C)CC4)CC3)c(=O)n(-c3cccc(C(F)(F)F)c3)n2C)cc1. The average Bonchev–Trinajstić information content (AvgIpc) is 3.66. The summed E-state index contributed by atoms with van der Waals surface area (Å²) in [4.78, 5) is 46.7. The van der Waals surface area contributed by atoms with E-state index in [4.69, 9.17) is 6.57 Å². The number of rotatable bonds is 6. The predicted molar refractivity (Wildman–Crippen MR) is 176 cm³/mol. The first kappa shape index (κ1) is 33.7. The number of carbonyl (C=O) groups excluding carboxylic acids is 2. The van der Waals surface area contributed by atoms with Gasteiger partial charge in [0.25, 0.3) is 11.5 Å². The average molecular weight is 676 g/mol. The zero-order valence-electron chi connectivity index (χ0n) is 27.6. The Balaban J connectivity index is 1.32. The zero-order valence-corrected chi connectivity index (χ0v) is 27.6. The van der Waals surface area contributed by atoms with E-state index in [0.29, 0.717) is 43.0 Å². The van der Waals surface area contributed by atoms with E-state index in [1.54, 1.807) is 30.3 Å². The number of hydrogen-bond donors (Lipinski definition) is 1. The van der Waals surface area contributed by atoms with Gasteiger partial charge in [-0.05, 0) is 49.2 Å². The van der Waals surface area contributed by atoms with Crippen LogP contribution in [0.15, 0.2) is 65.6 Å². The Morgan fingerprint density at radius 2 is 1.65 bits per heavy atom. The van der Waals surface area contributed by atoms with Gasteiger partial charge in [0, 0.05) is 44.9 Å². The number of hydrogen-bond acceptors (Lipinski definition) is 4.